The number of methoxy groups -OCH3 is 1. The molecule has 102 valence electrons. The lowest BCUT2D eigenvalue weighted by atomic mass is 10.2. The first-order valence-corrected chi connectivity index (χ1v) is 5.93. The van der Waals surface area contributed by atoms with E-state index in [4.69, 9.17) is 14.6 Å². The fourth-order valence-corrected chi connectivity index (χ4v) is 1.52. The van der Waals surface area contributed by atoms with Crippen LogP contribution in [0.1, 0.15) is 29.5 Å². The Morgan fingerprint density at radius 2 is 2.17 bits per heavy atom. The van der Waals surface area contributed by atoms with Crippen LogP contribution >= 0.6 is 0 Å². The third-order valence-electron chi connectivity index (χ3n) is 2.38. The molecule has 0 aliphatic carbocycles. The van der Waals surface area contributed by atoms with Gasteiger partial charge in [0.1, 0.15) is 0 Å². The maximum atomic E-state index is 11.0. The van der Waals surface area contributed by atoms with Crippen LogP contribution in [0.2, 0.25) is 0 Å². The standard InChI is InChI=1S/C11H19N3O4/c1-3-6-18-8-5-14-9(4-7-17-2)10(11(15)16)12-13-14/h3-8H2,1-2H3,(H,15,16). The summed E-state index contributed by atoms with van der Waals surface area (Å²) in [7, 11) is 1.57. The van der Waals surface area contributed by atoms with Crippen molar-refractivity contribution >= 4 is 5.97 Å². The van der Waals surface area contributed by atoms with Crippen LogP contribution in [0.15, 0.2) is 0 Å². The van der Waals surface area contributed by atoms with E-state index in [0.29, 0.717) is 38.5 Å². The molecule has 0 fully saturated rings. The van der Waals surface area contributed by atoms with Gasteiger partial charge in [-0.15, -0.1) is 5.10 Å². The van der Waals surface area contributed by atoms with Crippen LogP contribution in [0.5, 0.6) is 0 Å². The van der Waals surface area contributed by atoms with Crippen LogP contribution in [0.3, 0.4) is 0 Å². The summed E-state index contributed by atoms with van der Waals surface area (Å²) in [5.41, 5.74) is 0.562. The number of carbonyl (C=O) groups is 1. The molecule has 0 spiro atoms. The first kappa shape index (κ1) is 14.6. The number of hydrogen-bond acceptors (Lipinski definition) is 5. The predicted octanol–water partition coefficient (Wildman–Crippen LogP) is 0.592. The highest BCUT2D eigenvalue weighted by Gasteiger charge is 2.18. The van der Waals surface area contributed by atoms with Gasteiger partial charge in [0.05, 0.1) is 25.5 Å². The van der Waals surface area contributed by atoms with Crippen LogP contribution in [0.25, 0.3) is 0 Å². The largest absolute Gasteiger partial charge is 0.476 e. The average Bonchev–Trinajstić information content (AvgIpc) is 2.75. The van der Waals surface area contributed by atoms with Crippen molar-refractivity contribution in [1.82, 2.24) is 15.0 Å². The molecule has 0 radical (unpaired) electrons. The second-order valence-corrected chi connectivity index (χ2v) is 3.77. The number of ether oxygens (including phenoxy) is 2. The lowest BCUT2D eigenvalue weighted by Crippen LogP contribution is -2.14. The highest BCUT2D eigenvalue weighted by molar-refractivity contribution is 5.86. The van der Waals surface area contributed by atoms with Gasteiger partial charge in [-0.3, -0.25) is 0 Å². The van der Waals surface area contributed by atoms with E-state index in [1.807, 2.05) is 6.92 Å². The van der Waals surface area contributed by atoms with Gasteiger partial charge in [-0.1, -0.05) is 12.1 Å². The number of carboxylic acids is 1. The summed E-state index contributed by atoms with van der Waals surface area (Å²) in [4.78, 5) is 11.0. The summed E-state index contributed by atoms with van der Waals surface area (Å²) in [6, 6.07) is 0. The molecule has 0 atom stereocenters. The summed E-state index contributed by atoms with van der Waals surface area (Å²) < 4.78 is 11.9. The number of hydrogen-bond donors (Lipinski definition) is 1. The highest BCUT2D eigenvalue weighted by atomic mass is 16.5. The topological polar surface area (TPSA) is 86.5 Å². The Hall–Kier alpha value is -1.47. The normalized spacial score (nSPS) is 10.8. The number of aromatic nitrogens is 3. The van der Waals surface area contributed by atoms with Gasteiger partial charge in [-0.05, 0) is 6.42 Å². The van der Waals surface area contributed by atoms with Crippen LogP contribution in [0, 0.1) is 0 Å². The number of rotatable bonds is 9. The zero-order valence-corrected chi connectivity index (χ0v) is 10.8. The van der Waals surface area contributed by atoms with E-state index in [-0.39, 0.29) is 5.69 Å². The summed E-state index contributed by atoms with van der Waals surface area (Å²) in [5.74, 6) is -1.07. The van der Waals surface area contributed by atoms with Crippen molar-refractivity contribution in [1.29, 1.82) is 0 Å². The van der Waals surface area contributed by atoms with Gasteiger partial charge in [0, 0.05) is 20.1 Å². The van der Waals surface area contributed by atoms with E-state index in [0.717, 1.165) is 6.42 Å². The lowest BCUT2D eigenvalue weighted by Gasteiger charge is -2.07. The highest BCUT2D eigenvalue weighted by Crippen LogP contribution is 2.07. The molecule has 0 saturated heterocycles. The van der Waals surface area contributed by atoms with E-state index >= 15 is 0 Å². The first-order valence-electron chi connectivity index (χ1n) is 5.93. The zero-order valence-electron chi connectivity index (χ0n) is 10.8. The molecule has 1 aromatic heterocycles. The maximum absolute atomic E-state index is 11.0. The number of nitrogens with zero attached hydrogens (tertiary/aromatic N) is 3. The van der Waals surface area contributed by atoms with Gasteiger partial charge in [0.15, 0.2) is 5.69 Å². The number of carboxylic acid groups (broad SMARTS) is 1. The van der Waals surface area contributed by atoms with Gasteiger partial charge in [0.25, 0.3) is 0 Å². The van der Waals surface area contributed by atoms with Crippen molar-refractivity contribution in [3.05, 3.63) is 11.4 Å². The Kier molecular flexibility index (Phi) is 6.31. The van der Waals surface area contributed by atoms with Gasteiger partial charge in [-0.25, -0.2) is 9.48 Å². The van der Waals surface area contributed by atoms with Crippen molar-refractivity contribution in [2.45, 2.75) is 26.3 Å². The molecule has 1 rings (SSSR count). The SMILES string of the molecule is CCCOCCn1nnc(C(=O)O)c1CCOC. The molecule has 0 amide bonds. The van der Waals surface area contributed by atoms with Crippen molar-refractivity contribution in [3.8, 4) is 0 Å². The molecule has 18 heavy (non-hydrogen) atoms. The Balaban J connectivity index is 2.67. The Labute approximate surface area is 106 Å². The zero-order chi connectivity index (χ0) is 13.4. The van der Waals surface area contributed by atoms with E-state index in [1.54, 1.807) is 11.8 Å². The van der Waals surface area contributed by atoms with Crippen molar-refractivity contribution < 1.29 is 19.4 Å². The molecule has 0 aliphatic rings. The van der Waals surface area contributed by atoms with Gasteiger partial charge in [0.2, 0.25) is 0 Å². The fraction of sp³-hybridized carbons (Fsp3) is 0.727. The van der Waals surface area contributed by atoms with E-state index in [1.165, 1.54) is 0 Å². The van der Waals surface area contributed by atoms with Crippen LogP contribution in [-0.4, -0.2) is 53.0 Å². The molecule has 0 bridgehead atoms. The molecule has 0 aliphatic heterocycles. The smallest absolute Gasteiger partial charge is 0.358 e. The quantitative estimate of drug-likeness (QED) is 0.652. The molecular weight excluding hydrogens is 238 g/mol. The minimum atomic E-state index is -1.07. The minimum Gasteiger partial charge on any atom is -0.476 e. The van der Waals surface area contributed by atoms with Crippen molar-refractivity contribution in [3.63, 3.8) is 0 Å². The molecule has 0 aromatic carbocycles. The van der Waals surface area contributed by atoms with Gasteiger partial charge in [-0.2, -0.15) is 0 Å². The van der Waals surface area contributed by atoms with E-state index in [9.17, 15) is 4.79 Å². The third-order valence-corrected chi connectivity index (χ3v) is 2.38. The monoisotopic (exact) mass is 257 g/mol. The molecule has 0 unspecified atom stereocenters. The lowest BCUT2D eigenvalue weighted by molar-refractivity contribution is 0.0688. The molecule has 1 N–H and O–H groups in total. The van der Waals surface area contributed by atoms with Gasteiger partial charge < -0.3 is 14.6 Å². The van der Waals surface area contributed by atoms with Crippen molar-refractivity contribution in [2.75, 3.05) is 26.9 Å². The van der Waals surface area contributed by atoms with Crippen molar-refractivity contribution in [2.24, 2.45) is 0 Å². The average molecular weight is 257 g/mol. The Bertz CT molecular complexity index is 378. The predicted molar refractivity (Wildman–Crippen MR) is 63.7 cm³/mol. The first-order chi connectivity index (χ1) is 8.70. The second kappa shape index (κ2) is 7.78. The van der Waals surface area contributed by atoms with E-state index < -0.39 is 5.97 Å². The molecule has 0 saturated carbocycles. The van der Waals surface area contributed by atoms with Crippen LogP contribution in [0.4, 0.5) is 0 Å². The summed E-state index contributed by atoms with van der Waals surface area (Å²) in [6.45, 7) is 4.15. The third kappa shape index (κ3) is 4.08. The second-order valence-electron chi connectivity index (χ2n) is 3.77. The fourth-order valence-electron chi connectivity index (χ4n) is 1.52. The maximum Gasteiger partial charge on any atom is 0.358 e. The number of aromatic carboxylic acids is 1. The summed E-state index contributed by atoms with van der Waals surface area (Å²) in [6.07, 6.45) is 1.42. The molecular formula is C11H19N3O4. The minimum absolute atomic E-state index is 0.0115. The summed E-state index contributed by atoms with van der Waals surface area (Å²) >= 11 is 0. The molecule has 7 nitrogen and oxygen atoms in total. The molecule has 7 heteroatoms. The molecule has 1 heterocycles. The van der Waals surface area contributed by atoms with Crippen LogP contribution in [-0.2, 0) is 22.4 Å². The molecule has 1 aromatic rings. The summed E-state index contributed by atoms with van der Waals surface area (Å²) in [5, 5.41) is 16.5. The van der Waals surface area contributed by atoms with Gasteiger partial charge >= 0.3 is 5.97 Å². The Morgan fingerprint density at radius 3 is 2.78 bits per heavy atom. The Morgan fingerprint density at radius 1 is 1.39 bits per heavy atom. The van der Waals surface area contributed by atoms with E-state index in [2.05, 4.69) is 10.3 Å². The van der Waals surface area contributed by atoms with Crippen LogP contribution < -0.4 is 0 Å².